The third-order valence-electron chi connectivity index (χ3n) is 0.223. The molecule has 0 aromatic rings. The number of hydrogen-bond acceptors (Lipinski definition) is 3. The number of nitriles is 1. The Balaban J connectivity index is -0.000000125. The predicted octanol–water partition coefficient (Wildman–Crippen LogP) is -2.34. The Labute approximate surface area is 70.7 Å². The van der Waals surface area contributed by atoms with Crippen LogP contribution in [-0.2, 0) is 0 Å². The molecule has 0 aliphatic heterocycles. The van der Waals surface area contributed by atoms with Gasteiger partial charge in [0.1, 0.15) is 10.8 Å². The summed E-state index contributed by atoms with van der Waals surface area (Å²) in [6.07, 6.45) is 0. The maximum Gasteiger partial charge on any atom is 1.00 e. The second kappa shape index (κ2) is 6.80. The Bertz CT molecular complexity index is 74.2. The van der Waals surface area contributed by atoms with E-state index in [1.807, 2.05) is 0 Å². The average Bonchev–Trinajstić information content (AvgIpc) is 1.35. The SMILES string of the molecule is CC(O)SC#N.[H-].[Na+]. The summed E-state index contributed by atoms with van der Waals surface area (Å²) >= 11 is 0.847. The monoisotopic (exact) mass is 127 g/mol. The summed E-state index contributed by atoms with van der Waals surface area (Å²) in [7, 11) is 0. The van der Waals surface area contributed by atoms with Crippen LogP contribution in [-0.4, -0.2) is 10.5 Å². The molecule has 4 heteroatoms. The molecule has 0 saturated carbocycles. The quantitative estimate of drug-likeness (QED) is 0.244. The molecule has 0 amide bonds. The second-order valence-electron chi connectivity index (χ2n) is 0.808. The van der Waals surface area contributed by atoms with Crippen molar-refractivity contribution in [3.05, 3.63) is 0 Å². The summed E-state index contributed by atoms with van der Waals surface area (Å²) in [5.41, 5.74) is -0.546. The maximum absolute atomic E-state index is 8.29. The summed E-state index contributed by atoms with van der Waals surface area (Å²) < 4.78 is 0. The third kappa shape index (κ3) is 10.8. The minimum Gasteiger partial charge on any atom is -1.00 e. The van der Waals surface area contributed by atoms with E-state index >= 15 is 0 Å². The van der Waals surface area contributed by atoms with Crippen LogP contribution in [0.2, 0.25) is 0 Å². The molecule has 7 heavy (non-hydrogen) atoms. The van der Waals surface area contributed by atoms with Crippen LogP contribution in [0.4, 0.5) is 0 Å². The molecule has 1 atom stereocenters. The molecule has 0 spiro atoms. The van der Waals surface area contributed by atoms with Crippen LogP contribution in [0, 0.1) is 10.7 Å². The van der Waals surface area contributed by atoms with E-state index in [0.29, 0.717) is 0 Å². The Morgan fingerprint density at radius 3 is 2.43 bits per heavy atom. The summed E-state index contributed by atoms with van der Waals surface area (Å²) in [4.78, 5) is 0. The van der Waals surface area contributed by atoms with Gasteiger partial charge in [0.2, 0.25) is 0 Å². The van der Waals surface area contributed by atoms with Gasteiger partial charge in [0.15, 0.2) is 0 Å². The molecule has 0 aromatic heterocycles. The van der Waals surface area contributed by atoms with Crippen molar-refractivity contribution in [2.75, 3.05) is 0 Å². The molecular weight excluding hydrogens is 121 g/mol. The Morgan fingerprint density at radius 1 is 2.00 bits per heavy atom. The van der Waals surface area contributed by atoms with E-state index in [2.05, 4.69) is 0 Å². The number of rotatable bonds is 1. The average molecular weight is 127 g/mol. The van der Waals surface area contributed by atoms with Crippen LogP contribution < -0.4 is 29.6 Å². The maximum atomic E-state index is 8.29. The first-order valence-corrected chi connectivity index (χ1v) is 2.38. The zero-order chi connectivity index (χ0) is 4.99. The van der Waals surface area contributed by atoms with E-state index in [9.17, 15) is 0 Å². The number of aliphatic hydroxyl groups excluding tert-OH is 1. The summed E-state index contributed by atoms with van der Waals surface area (Å²) in [6.45, 7) is 1.55. The molecule has 0 heterocycles. The van der Waals surface area contributed by atoms with Crippen LogP contribution in [0.15, 0.2) is 0 Å². The van der Waals surface area contributed by atoms with Gasteiger partial charge < -0.3 is 6.53 Å². The van der Waals surface area contributed by atoms with Crippen molar-refractivity contribution in [3.8, 4) is 5.40 Å². The van der Waals surface area contributed by atoms with Crippen LogP contribution in [0.3, 0.4) is 0 Å². The fraction of sp³-hybridized carbons (Fsp3) is 0.667. The van der Waals surface area contributed by atoms with Gasteiger partial charge >= 0.3 is 29.6 Å². The van der Waals surface area contributed by atoms with E-state index in [1.54, 1.807) is 12.3 Å². The molecule has 0 aliphatic carbocycles. The van der Waals surface area contributed by atoms with E-state index in [1.165, 1.54) is 0 Å². The first kappa shape index (κ1) is 10.7. The van der Waals surface area contributed by atoms with Crippen LogP contribution in [0.1, 0.15) is 8.35 Å². The van der Waals surface area contributed by atoms with Gasteiger partial charge in [-0.1, -0.05) is 0 Å². The normalized spacial score (nSPS) is 11.0. The molecule has 0 aliphatic rings. The Kier molecular flexibility index (Phi) is 10.4. The smallest absolute Gasteiger partial charge is 1.00 e. The molecule has 0 radical (unpaired) electrons. The van der Waals surface area contributed by atoms with Crippen LogP contribution in [0.25, 0.3) is 0 Å². The van der Waals surface area contributed by atoms with Gasteiger partial charge in [-0.15, -0.1) is 0 Å². The van der Waals surface area contributed by atoms with Gasteiger partial charge in [-0.2, -0.15) is 5.26 Å². The van der Waals surface area contributed by atoms with Gasteiger partial charge in [0, 0.05) is 0 Å². The molecule has 0 aromatic carbocycles. The van der Waals surface area contributed by atoms with Crippen molar-refractivity contribution in [2.45, 2.75) is 12.4 Å². The molecule has 1 unspecified atom stereocenters. The van der Waals surface area contributed by atoms with Gasteiger partial charge in [-0.25, -0.2) is 0 Å². The third-order valence-corrected chi connectivity index (χ3v) is 0.670. The van der Waals surface area contributed by atoms with Crippen LogP contribution >= 0.6 is 11.8 Å². The van der Waals surface area contributed by atoms with E-state index in [-0.39, 0.29) is 31.0 Å². The number of hydrogen-bond donors (Lipinski definition) is 1. The number of thioether (sulfide) groups is 1. The van der Waals surface area contributed by atoms with E-state index in [4.69, 9.17) is 10.4 Å². The van der Waals surface area contributed by atoms with Gasteiger partial charge in [-0.3, -0.25) is 0 Å². The zero-order valence-corrected chi connectivity index (χ0v) is 7.20. The standard InChI is InChI=1S/C3H5NOS.Na.H/c1-3(5)6-2-4;;/h3,5H,1H3;;/q;+1;-1. The minimum absolute atomic E-state index is 0. The Morgan fingerprint density at radius 2 is 2.43 bits per heavy atom. The largest absolute Gasteiger partial charge is 1.00 e. The molecule has 0 fully saturated rings. The zero-order valence-electron chi connectivity index (χ0n) is 5.38. The van der Waals surface area contributed by atoms with Crippen molar-refractivity contribution in [1.29, 1.82) is 5.26 Å². The summed E-state index contributed by atoms with van der Waals surface area (Å²) in [6, 6.07) is 0. The Hall–Kier alpha value is 0.800. The van der Waals surface area contributed by atoms with Gasteiger partial charge in [-0.05, 0) is 18.7 Å². The van der Waals surface area contributed by atoms with Crippen molar-refractivity contribution in [1.82, 2.24) is 0 Å². The second-order valence-corrected chi connectivity index (χ2v) is 1.91. The molecule has 0 saturated heterocycles. The first-order chi connectivity index (χ1) is 2.77. The fourth-order valence-electron chi connectivity index (χ4n) is 0.0763. The van der Waals surface area contributed by atoms with Gasteiger partial charge in [0.05, 0.1) is 0 Å². The summed E-state index contributed by atoms with van der Waals surface area (Å²) in [5, 5.41) is 17.8. The molecule has 0 rings (SSSR count). The first-order valence-electron chi connectivity index (χ1n) is 1.50. The molecule has 36 valence electrons. The number of thiocyanates is 1. The molecule has 2 nitrogen and oxygen atoms in total. The van der Waals surface area contributed by atoms with Crippen molar-refractivity contribution in [3.63, 3.8) is 0 Å². The van der Waals surface area contributed by atoms with Crippen LogP contribution in [0.5, 0.6) is 0 Å². The minimum atomic E-state index is -0.546. The van der Waals surface area contributed by atoms with E-state index in [0.717, 1.165) is 11.8 Å². The molecule has 0 bridgehead atoms. The van der Waals surface area contributed by atoms with Crippen molar-refractivity contribution in [2.24, 2.45) is 0 Å². The predicted molar refractivity (Wildman–Crippen MR) is 26.0 cm³/mol. The van der Waals surface area contributed by atoms with Gasteiger partial charge in [0.25, 0.3) is 0 Å². The number of aliphatic hydroxyl groups is 1. The molecule has 1 N–H and O–H groups in total. The topological polar surface area (TPSA) is 44.0 Å². The van der Waals surface area contributed by atoms with Crippen molar-refractivity contribution < 1.29 is 36.1 Å². The summed E-state index contributed by atoms with van der Waals surface area (Å²) in [5.74, 6) is 0. The van der Waals surface area contributed by atoms with Crippen molar-refractivity contribution >= 4 is 11.8 Å². The fourth-order valence-corrected chi connectivity index (χ4v) is 0.229. The molecular formula is C3H6NNaOS. The number of nitrogens with zero attached hydrogens (tertiary/aromatic N) is 1. The van der Waals surface area contributed by atoms with E-state index < -0.39 is 5.44 Å².